The van der Waals surface area contributed by atoms with Crippen LogP contribution in [0.15, 0.2) is 72.9 Å². The number of likely N-dealkylation sites (tertiary alicyclic amines) is 1. The van der Waals surface area contributed by atoms with Gasteiger partial charge in [-0.25, -0.2) is 0 Å². The van der Waals surface area contributed by atoms with E-state index < -0.39 is 11.5 Å². The van der Waals surface area contributed by atoms with Crippen LogP contribution < -0.4 is 5.32 Å². The van der Waals surface area contributed by atoms with Crippen LogP contribution in [0.25, 0.3) is 0 Å². The van der Waals surface area contributed by atoms with E-state index in [1.54, 1.807) is 24.4 Å². The van der Waals surface area contributed by atoms with Crippen LogP contribution in [0.1, 0.15) is 27.5 Å². The summed E-state index contributed by atoms with van der Waals surface area (Å²) < 4.78 is 0. The molecule has 3 heterocycles. The van der Waals surface area contributed by atoms with Gasteiger partial charge < -0.3 is 5.32 Å². The van der Waals surface area contributed by atoms with Crippen LogP contribution in [0.5, 0.6) is 0 Å². The molecule has 2 aromatic carbocycles. The van der Waals surface area contributed by atoms with E-state index in [2.05, 4.69) is 10.3 Å². The number of hydrogen-bond donors (Lipinski definition) is 1. The molecule has 2 aliphatic rings. The van der Waals surface area contributed by atoms with Crippen molar-refractivity contribution in [2.45, 2.75) is 11.5 Å². The van der Waals surface area contributed by atoms with E-state index in [1.165, 1.54) is 0 Å². The molecule has 0 radical (unpaired) electrons. The fraction of sp³-hybridized carbons (Fsp3) is 0.208. The summed E-state index contributed by atoms with van der Waals surface area (Å²) in [5, 5.41) is 3.64. The van der Waals surface area contributed by atoms with Crippen molar-refractivity contribution >= 4 is 29.0 Å². The molecule has 3 aromatic rings. The monoisotopic (exact) mass is 417 g/mol. The Hall–Kier alpha value is -3.02. The van der Waals surface area contributed by atoms with Crippen LogP contribution in [0.2, 0.25) is 5.02 Å². The molecule has 150 valence electrons. The van der Waals surface area contributed by atoms with E-state index in [0.717, 1.165) is 16.8 Å². The van der Waals surface area contributed by atoms with Crippen molar-refractivity contribution in [1.29, 1.82) is 0 Å². The summed E-state index contributed by atoms with van der Waals surface area (Å²) in [4.78, 5) is 33.7. The van der Waals surface area contributed by atoms with Gasteiger partial charge in [0.15, 0.2) is 5.78 Å². The molecule has 30 heavy (non-hydrogen) atoms. The standard InChI is InChI=1S/C24H20ClN3O2/c1-28-14-17(15-9-11-16(25)12-10-15)21(22(29)20-8-4-5-13-26-20)24(28)18-6-2-3-7-19(18)27-23(24)30/h2-13,17,21H,14H2,1H3,(H,27,30)/t17-,21+,24+/m1/s1. The van der Waals surface area contributed by atoms with Gasteiger partial charge in [-0.15, -0.1) is 0 Å². The second-order valence-electron chi connectivity index (χ2n) is 7.86. The first kappa shape index (κ1) is 19.0. The molecular weight excluding hydrogens is 398 g/mol. The molecule has 2 aliphatic heterocycles. The van der Waals surface area contributed by atoms with Gasteiger partial charge in [0, 0.05) is 34.9 Å². The summed E-state index contributed by atoms with van der Waals surface area (Å²) in [6, 6.07) is 20.4. The van der Waals surface area contributed by atoms with Crippen molar-refractivity contribution < 1.29 is 9.59 Å². The summed E-state index contributed by atoms with van der Waals surface area (Å²) in [7, 11) is 1.91. The number of fused-ring (bicyclic) bond motifs is 2. The molecule has 5 nitrogen and oxygen atoms in total. The van der Waals surface area contributed by atoms with E-state index in [-0.39, 0.29) is 17.6 Å². The molecule has 1 aromatic heterocycles. The van der Waals surface area contributed by atoms with Gasteiger partial charge in [0.25, 0.3) is 0 Å². The largest absolute Gasteiger partial charge is 0.324 e. The van der Waals surface area contributed by atoms with Gasteiger partial charge in [0.2, 0.25) is 5.91 Å². The van der Waals surface area contributed by atoms with Crippen molar-refractivity contribution in [3.05, 3.63) is 94.8 Å². The first-order valence-electron chi connectivity index (χ1n) is 9.86. The Labute approximate surface area is 179 Å². The van der Waals surface area contributed by atoms with Crippen LogP contribution in [0.3, 0.4) is 0 Å². The highest BCUT2D eigenvalue weighted by Crippen LogP contribution is 2.55. The zero-order valence-electron chi connectivity index (χ0n) is 16.4. The van der Waals surface area contributed by atoms with E-state index in [4.69, 9.17) is 11.6 Å². The number of ketones is 1. The Bertz CT molecular complexity index is 1130. The summed E-state index contributed by atoms with van der Waals surface area (Å²) >= 11 is 6.10. The highest BCUT2D eigenvalue weighted by Gasteiger charge is 2.64. The van der Waals surface area contributed by atoms with Crippen LogP contribution in [0.4, 0.5) is 5.69 Å². The van der Waals surface area contributed by atoms with Gasteiger partial charge in [0.05, 0.1) is 5.92 Å². The number of Topliss-reactive ketones (excluding diaryl/α,β-unsaturated/α-hetero) is 1. The lowest BCUT2D eigenvalue weighted by Gasteiger charge is -2.35. The lowest BCUT2D eigenvalue weighted by Crippen LogP contribution is -2.51. The minimum absolute atomic E-state index is 0.133. The van der Waals surface area contributed by atoms with Crippen molar-refractivity contribution in [2.75, 3.05) is 18.9 Å². The van der Waals surface area contributed by atoms with Crippen LogP contribution >= 0.6 is 11.6 Å². The number of anilines is 1. The lowest BCUT2D eigenvalue weighted by molar-refractivity contribution is -0.126. The number of likely N-dealkylation sites (N-methyl/N-ethyl adjacent to an activating group) is 1. The SMILES string of the molecule is CN1C[C@H](c2ccc(Cl)cc2)[C@@H](C(=O)c2ccccn2)[C@@]12C(=O)Nc1ccccc12. The molecule has 1 N–H and O–H groups in total. The van der Waals surface area contributed by atoms with Crippen molar-refractivity contribution in [3.63, 3.8) is 0 Å². The van der Waals surface area contributed by atoms with Gasteiger partial charge in [0.1, 0.15) is 11.2 Å². The second kappa shape index (κ2) is 7.04. The van der Waals surface area contributed by atoms with E-state index in [1.807, 2.05) is 60.5 Å². The van der Waals surface area contributed by atoms with Gasteiger partial charge in [-0.05, 0) is 42.9 Å². The lowest BCUT2D eigenvalue weighted by atomic mass is 9.71. The number of carbonyl (C=O) groups excluding carboxylic acids is 2. The highest BCUT2D eigenvalue weighted by atomic mass is 35.5. The zero-order valence-corrected chi connectivity index (χ0v) is 17.1. The third-order valence-electron chi connectivity index (χ3n) is 6.36. The molecule has 1 spiro atoms. The van der Waals surface area contributed by atoms with E-state index in [0.29, 0.717) is 17.3 Å². The minimum Gasteiger partial charge on any atom is -0.324 e. The molecule has 0 saturated carbocycles. The topological polar surface area (TPSA) is 62.3 Å². The quantitative estimate of drug-likeness (QED) is 0.651. The average molecular weight is 418 g/mol. The Morgan fingerprint density at radius 3 is 2.57 bits per heavy atom. The van der Waals surface area contributed by atoms with Crippen molar-refractivity contribution in [3.8, 4) is 0 Å². The number of hydrogen-bond acceptors (Lipinski definition) is 4. The predicted octanol–water partition coefficient (Wildman–Crippen LogP) is 4.11. The summed E-state index contributed by atoms with van der Waals surface area (Å²) in [5.74, 6) is -1.11. The molecular formula is C24H20ClN3O2. The number of carbonyl (C=O) groups is 2. The van der Waals surface area contributed by atoms with E-state index in [9.17, 15) is 9.59 Å². The first-order chi connectivity index (χ1) is 14.5. The first-order valence-corrected chi connectivity index (χ1v) is 10.2. The number of para-hydroxylation sites is 1. The number of halogens is 1. The minimum atomic E-state index is -1.09. The maximum absolute atomic E-state index is 13.9. The predicted molar refractivity (Wildman–Crippen MR) is 116 cm³/mol. The third kappa shape index (κ3) is 2.62. The maximum Gasteiger partial charge on any atom is 0.250 e. The molecule has 3 atom stereocenters. The number of benzene rings is 2. The summed E-state index contributed by atoms with van der Waals surface area (Å²) in [5.41, 5.74) is 1.85. The summed E-state index contributed by atoms with van der Waals surface area (Å²) in [6.07, 6.45) is 1.61. The van der Waals surface area contributed by atoms with Crippen LogP contribution in [-0.4, -0.2) is 35.2 Å². The number of pyridine rings is 1. The number of amides is 1. The van der Waals surface area contributed by atoms with Crippen molar-refractivity contribution in [2.24, 2.45) is 5.92 Å². The molecule has 0 unspecified atom stereocenters. The normalized spacial score (nSPS) is 25.3. The van der Waals surface area contributed by atoms with Crippen LogP contribution in [0, 0.1) is 5.92 Å². The highest BCUT2D eigenvalue weighted by molar-refractivity contribution is 6.30. The molecule has 1 saturated heterocycles. The molecule has 0 aliphatic carbocycles. The Morgan fingerprint density at radius 2 is 1.83 bits per heavy atom. The molecule has 0 bridgehead atoms. The number of nitrogens with one attached hydrogen (secondary N) is 1. The summed E-state index contributed by atoms with van der Waals surface area (Å²) in [6.45, 7) is 0.562. The van der Waals surface area contributed by atoms with Crippen molar-refractivity contribution in [1.82, 2.24) is 9.88 Å². The zero-order chi connectivity index (χ0) is 20.9. The number of aromatic nitrogens is 1. The van der Waals surface area contributed by atoms with Gasteiger partial charge in [-0.2, -0.15) is 0 Å². The fourth-order valence-electron chi connectivity index (χ4n) is 5.07. The molecule has 1 fully saturated rings. The Morgan fingerprint density at radius 1 is 1.10 bits per heavy atom. The molecule has 5 rings (SSSR count). The van der Waals surface area contributed by atoms with Crippen LogP contribution in [-0.2, 0) is 10.3 Å². The number of rotatable bonds is 3. The number of nitrogens with zero attached hydrogens (tertiary/aromatic N) is 2. The average Bonchev–Trinajstić information content (AvgIpc) is 3.24. The van der Waals surface area contributed by atoms with Gasteiger partial charge >= 0.3 is 0 Å². The Balaban J connectivity index is 1.73. The molecule has 6 heteroatoms. The maximum atomic E-state index is 13.9. The van der Waals surface area contributed by atoms with E-state index >= 15 is 0 Å². The van der Waals surface area contributed by atoms with Gasteiger partial charge in [-0.3, -0.25) is 19.5 Å². The Kier molecular flexibility index (Phi) is 4.45. The fourth-order valence-corrected chi connectivity index (χ4v) is 5.20. The molecule has 1 amide bonds. The second-order valence-corrected chi connectivity index (χ2v) is 8.30. The third-order valence-corrected chi connectivity index (χ3v) is 6.61. The smallest absolute Gasteiger partial charge is 0.250 e. The van der Waals surface area contributed by atoms with Gasteiger partial charge in [-0.1, -0.05) is 48.0 Å².